The van der Waals surface area contributed by atoms with E-state index in [2.05, 4.69) is 47.3 Å². The van der Waals surface area contributed by atoms with Gasteiger partial charge in [0.25, 0.3) is 0 Å². The second kappa shape index (κ2) is 5.60. The van der Waals surface area contributed by atoms with Crippen LogP contribution in [0.4, 0.5) is 5.82 Å². The summed E-state index contributed by atoms with van der Waals surface area (Å²) in [5.41, 5.74) is 10.0. The summed E-state index contributed by atoms with van der Waals surface area (Å²) in [4.78, 5) is 8.50. The van der Waals surface area contributed by atoms with E-state index in [1.165, 1.54) is 11.1 Å². The lowest BCUT2D eigenvalue weighted by Gasteiger charge is -2.08. The van der Waals surface area contributed by atoms with Gasteiger partial charge < -0.3 is 11.1 Å². The molecule has 94 valence electrons. The Morgan fingerprint density at radius 3 is 2.72 bits per heavy atom. The maximum absolute atomic E-state index is 5.46. The van der Waals surface area contributed by atoms with Crippen molar-refractivity contribution in [1.29, 1.82) is 0 Å². The van der Waals surface area contributed by atoms with Crippen LogP contribution in [0.5, 0.6) is 0 Å². The molecule has 0 saturated heterocycles. The summed E-state index contributed by atoms with van der Waals surface area (Å²) in [6.45, 7) is 5.48. The molecule has 0 bridgehead atoms. The third-order valence-electron chi connectivity index (χ3n) is 2.78. The third-order valence-corrected chi connectivity index (χ3v) is 2.78. The van der Waals surface area contributed by atoms with E-state index in [0.717, 1.165) is 17.1 Å². The van der Waals surface area contributed by atoms with E-state index in [1.807, 2.05) is 6.07 Å². The first kappa shape index (κ1) is 12.5. The van der Waals surface area contributed by atoms with E-state index in [-0.39, 0.29) is 0 Å². The lowest BCUT2D eigenvalue weighted by molar-refractivity contribution is 1.00. The number of anilines is 1. The van der Waals surface area contributed by atoms with E-state index in [0.29, 0.717) is 13.1 Å². The zero-order valence-electron chi connectivity index (χ0n) is 10.8. The summed E-state index contributed by atoms with van der Waals surface area (Å²) < 4.78 is 0. The van der Waals surface area contributed by atoms with Crippen LogP contribution in [0.2, 0.25) is 0 Å². The molecule has 0 unspecified atom stereocenters. The molecule has 18 heavy (non-hydrogen) atoms. The van der Waals surface area contributed by atoms with E-state index >= 15 is 0 Å². The van der Waals surface area contributed by atoms with E-state index in [4.69, 9.17) is 5.73 Å². The fourth-order valence-electron chi connectivity index (χ4n) is 1.90. The summed E-state index contributed by atoms with van der Waals surface area (Å²) in [6.07, 6.45) is 1.58. The van der Waals surface area contributed by atoms with Gasteiger partial charge in [-0.15, -0.1) is 0 Å². The van der Waals surface area contributed by atoms with Crippen LogP contribution in [0.25, 0.3) is 11.3 Å². The number of nitrogens with two attached hydrogens (primary N) is 1. The van der Waals surface area contributed by atoms with Crippen LogP contribution in [0.3, 0.4) is 0 Å². The largest absolute Gasteiger partial charge is 0.369 e. The Hall–Kier alpha value is -1.94. The summed E-state index contributed by atoms with van der Waals surface area (Å²) >= 11 is 0. The van der Waals surface area contributed by atoms with Crippen LogP contribution in [-0.4, -0.2) is 23.1 Å². The Labute approximate surface area is 107 Å². The van der Waals surface area contributed by atoms with Crippen molar-refractivity contribution in [2.75, 3.05) is 18.4 Å². The number of nitrogens with one attached hydrogen (secondary N) is 1. The highest BCUT2D eigenvalue weighted by Gasteiger charge is 2.04. The molecule has 0 radical (unpaired) electrons. The number of rotatable bonds is 4. The molecule has 3 N–H and O–H groups in total. The Morgan fingerprint density at radius 1 is 1.17 bits per heavy atom. The summed E-state index contributed by atoms with van der Waals surface area (Å²) in [5, 5.41) is 3.16. The van der Waals surface area contributed by atoms with Crippen molar-refractivity contribution < 1.29 is 0 Å². The van der Waals surface area contributed by atoms with Crippen LogP contribution in [0.1, 0.15) is 11.1 Å². The fourth-order valence-corrected chi connectivity index (χ4v) is 1.90. The summed E-state index contributed by atoms with van der Waals surface area (Å²) in [7, 11) is 0. The Morgan fingerprint density at radius 2 is 2.00 bits per heavy atom. The third kappa shape index (κ3) is 2.84. The van der Waals surface area contributed by atoms with Crippen LogP contribution >= 0.6 is 0 Å². The van der Waals surface area contributed by atoms with Crippen LogP contribution in [0, 0.1) is 13.8 Å². The van der Waals surface area contributed by atoms with Crippen LogP contribution in [0.15, 0.2) is 30.6 Å². The molecule has 0 atom stereocenters. The van der Waals surface area contributed by atoms with E-state index in [1.54, 1.807) is 6.33 Å². The van der Waals surface area contributed by atoms with Gasteiger partial charge in [0.1, 0.15) is 12.1 Å². The first-order valence-electron chi connectivity index (χ1n) is 6.04. The molecule has 1 aromatic heterocycles. The highest BCUT2D eigenvalue weighted by Crippen LogP contribution is 2.23. The number of nitrogens with zero attached hydrogens (tertiary/aromatic N) is 2. The molecule has 0 aliphatic heterocycles. The first-order valence-corrected chi connectivity index (χ1v) is 6.04. The highest BCUT2D eigenvalue weighted by molar-refractivity contribution is 5.66. The number of aryl methyl sites for hydroxylation is 2. The second-order valence-corrected chi connectivity index (χ2v) is 4.32. The van der Waals surface area contributed by atoms with Crippen molar-refractivity contribution in [3.05, 3.63) is 41.7 Å². The minimum atomic E-state index is 0.586. The molecule has 1 heterocycles. The summed E-state index contributed by atoms with van der Waals surface area (Å²) in [6, 6.07) is 8.30. The SMILES string of the molecule is Cc1ccc(-c2cc(NCCN)ncn2)c(C)c1. The molecule has 0 aliphatic rings. The molecule has 0 saturated carbocycles. The van der Waals surface area contributed by atoms with Crippen LogP contribution < -0.4 is 11.1 Å². The average Bonchev–Trinajstić information content (AvgIpc) is 2.36. The zero-order valence-corrected chi connectivity index (χ0v) is 10.8. The maximum Gasteiger partial charge on any atom is 0.129 e. The summed E-state index contributed by atoms with van der Waals surface area (Å²) in [5.74, 6) is 0.811. The monoisotopic (exact) mass is 242 g/mol. The molecule has 1 aromatic carbocycles. The number of hydrogen-bond acceptors (Lipinski definition) is 4. The van der Waals surface area contributed by atoms with Gasteiger partial charge in [-0.25, -0.2) is 9.97 Å². The van der Waals surface area contributed by atoms with Gasteiger partial charge >= 0.3 is 0 Å². The molecule has 4 heteroatoms. The highest BCUT2D eigenvalue weighted by atomic mass is 15.0. The Balaban J connectivity index is 2.32. The molecule has 2 aromatic rings. The topological polar surface area (TPSA) is 63.8 Å². The minimum absolute atomic E-state index is 0.586. The van der Waals surface area contributed by atoms with Crippen molar-refractivity contribution in [1.82, 2.24) is 9.97 Å². The van der Waals surface area contributed by atoms with Crippen molar-refractivity contribution in [2.45, 2.75) is 13.8 Å². The predicted molar refractivity (Wildman–Crippen MR) is 74.5 cm³/mol. The molecule has 0 amide bonds. The van der Waals surface area contributed by atoms with Crippen molar-refractivity contribution in [3.63, 3.8) is 0 Å². The van der Waals surface area contributed by atoms with Gasteiger partial charge in [0.05, 0.1) is 5.69 Å². The van der Waals surface area contributed by atoms with Gasteiger partial charge in [-0.2, -0.15) is 0 Å². The molecular weight excluding hydrogens is 224 g/mol. The number of benzene rings is 1. The van der Waals surface area contributed by atoms with Crippen molar-refractivity contribution in [3.8, 4) is 11.3 Å². The Kier molecular flexibility index (Phi) is 3.89. The van der Waals surface area contributed by atoms with E-state index in [9.17, 15) is 0 Å². The van der Waals surface area contributed by atoms with Gasteiger partial charge in [-0.3, -0.25) is 0 Å². The van der Waals surface area contributed by atoms with Gasteiger partial charge in [0.2, 0.25) is 0 Å². The standard InChI is InChI=1S/C14H18N4/c1-10-3-4-12(11(2)7-10)13-8-14(16-6-5-15)18-9-17-13/h3-4,7-9H,5-6,15H2,1-2H3,(H,16,17,18). The number of hydrogen-bond donors (Lipinski definition) is 2. The van der Waals surface area contributed by atoms with Crippen LogP contribution in [-0.2, 0) is 0 Å². The molecule has 0 fully saturated rings. The van der Waals surface area contributed by atoms with Crippen molar-refractivity contribution in [2.24, 2.45) is 5.73 Å². The maximum atomic E-state index is 5.46. The molecule has 2 rings (SSSR count). The molecule has 4 nitrogen and oxygen atoms in total. The quantitative estimate of drug-likeness (QED) is 0.862. The first-order chi connectivity index (χ1) is 8.70. The molecule has 0 aliphatic carbocycles. The van der Waals surface area contributed by atoms with Gasteiger partial charge in [-0.05, 0) is 19.4 Å². The van der Waals surface area contributed by atoms with E-state index < -0.39 is 0 Å². The lowest BCUT2D eigenvalue weighted by atomic mass is 10.0. The minimum Gasteiger partial charge on any atom is -0.369 e. The average molecular weight is 242 g/mol. The molecular formula is C14H18N4. The normalized spacial score (nSPS) is 10.4. The zero-order chi connectivity index (χ0) is 13.0. The Bertz CT molecular complexity index is 537. The lowest BCUT2D eigenvalue weighted by Crippen LogP contribution is -2.13. The fraction of sp³-hybridized carbons (Fsp3) is 0.286. The predicted octanol–water partition coefficient (Wildman–Crippen LogP) is 2.13. The second-order valence-electron chi connectivity index (χ2n) is 4.32. The van der Waals surface area contributed by atoms with Gasteiger partial charge in [0, 0.05) is 24.7 Å². The molecule has 0 spiro atoms. The number of aromatic nitrogens is 2. The van der Waals surface area contributed by atoms with Crippen molar-refractivity contribution >= 4 is 5.82 Å². The smallest absolute Gasteiger partial charge is 0.129 e. The van der Waals surface area contributed by atoms with Gasteiger partial charge in [0.15, 0.2) is 0 Å². The van der Waals surface area contributed by atoms with Gasteiger partial charge in [-0.1, -0.05) is 23.8 Å².